The first-order valence-corrected chi connectivity index (χ1v) is 9.23. The van der Waals surface area contributed by atoms with Gasteiger partial charge in [-0.05, 0) is 5.92 Å². The summed E-state index contributed by atoms with van der Waals surface area (Å²) >= 11 is 0. The van der Waals surface area contributed by atoms with Gasteiger partial charge in [0, 0.05) is 0 Å². The zero-order chi connectivity index (χ0) is 21.2. The van der Waals surface area contributed by atoms with Gasteiger partial charge in [-0.25, -0.2) is 0 Å². The minimum Gasteiger partial charge on any atom is -0.433 e. The molecule has 2 saturated heterocycles. The molecular weight excluding hydrogens is 380 g/mol. The molecule has 0 aromatic carbocycles. The molecule has 0 aliphatic carbocycles. The fourth-order valence-electron chi connectivity index (χ4n) is 2.94. The largest absolute Gasteiger partial charge is 0.433 e. The van der Waals surface area contributed by atoms with E-state index in [2.05, 4.69) is 0 Å². The van der Waals surface area contributed by atoms with Crippen molar-refractivity contribution < 1.29 is 54.4 Å². The summed E-state index contributed by atoms with van der Waals surface area (Å²) in [5, 5.41) is 59.2. The highest BCUT2D eigenvalue weighted by molar-refractivity contribution is 5.72. The smallest absolute Gasteiger partial charge is 0.311 e. The molecule has 0 radical (unpaired) electrons. The molecule has 0 saturated carbocycles. The Labute approximate surface area is 162 Å². The first-order valence-electron chi connectivity index (χ1n) is 9.23. The van der Waals surface area contributed by atoms with Crippen molar-refractivity contribution in [1.82, 2.24) is 0 Å². The van der Waals surface area contributed by atoms with Gasteiger partial charge in [-0.1, -0.05) is 20.8 Å². The van der Waals surface area contributed by atoms with Crippen LogP contribution >= 0.6 is 0 Å². The molecule has 2 fully saturated rings. The molecule has 28 heavy (non-hydrogen) atoms. The van der Waals surface area contributed by atoms with Crippen LogP contribution in [0.5, 0.6) is 0 Å². The number of rotatable bonds is 7. The molecule has 2 aliphatic rings. The highest BCUT2D eigenvalue weighted by atomic mass is 16.7. The van der Waals surface area contributed by atoms with E-state index in [4.69, 9.17) is 24.1 Å². The molecule has 0 spiro atoms. The molecule has 0 bridgehead atoms. The molecule has 6 N–H and O–H groups in total. The summed E-state index contributed by atoms with van der Waals surface area (Å²) in [6.45, 7) is 4.05. The van der Waals surface area contributed by atoms with E-state index >= 15 is 0 Å². The summed E-state index contributed by atoms with van der Waals surface area (Å²) in [5.41, 5.74) is 0. The minimum absolute atomic E-state index is 0.0292. The van der Waals surface area contributed by atoms with Crippen LogP contribution in [0.3, 0.4) is 0 Å². The van der Waals surface area contributed by atoms with Crippen LogP contribution < -0.4 is 0 Å². The summed E-state index contributed by atoms with van der Waals surface area (Å²) < 4.78 is 21.1. The van der Waals surface area contributed by atoms with Crippen molar-refractivity contribution >= 4 is 5.97 Å². The molecule has 0 unspecified atom stereocenters. The van der Waals surface area contributed by atoms with Gasteiger partial charge >= 0.3 is 5.97 Å². The normalized spacial score (nSPS) is 42.6. The zero-order valence-corrected chi connectivity index (χ0v) is 16.0. The van der Waals surface area contributed by atoms with E-state index in [1.54, 1.807) is 6.92 Å². The molecule has 0 amide bonds. The number of ether oxygens (including phenoxy) is 4. The summed E-state index contributed by atoms with van der Waals surface area (Å²) in [6.07, 6.45) is -13.0. The molecule has 11 heteroatoms. The van der Waals surface area contributed by atoms with Crippen molar-refractivity contribution in [2.45, 2.75) is 76.1 Å². The third kappa shape index (κ3) is 4.81. The lowest BCUT2D eigenvalue weighted by Crippen LogP contribution is -2.61. The molecule has 10 atom stereocenters. The van der Waals surface area contributed by atoms with Gasteiger partial charge in [0.2, 0.25) is 6.29 Å². The molecular formula is C17H30O11. The number of hydrogen-bond acceptors (Lipinski definition) is 11. The maximum Gasteiger partial charge on any atom is 0.311 e. The Morgan fingerprint density at radius 1 is 0.857 bits per heavy atom. The van der Waals surface area contributed by atoms with Crippen molar-refractivity contribution in [1.29, 1.82) is 0 Å². The highest BCUT2D eigenvalue weighted by Gasteiger charge is 2.51. The number of esters is 1. The maximum atomic E-state index is 12.2. The Balaban J connectivity index is 2.12. The molecule has 0 aromatic heterocycles. The van der Waals surface area contributed by atoms with Gasteiger partial charge in [0.1, 0.15) is 42.7 Å². The average Bonchev–Trinajstić information content (AvgIpc) is 2.94. The fourth-order valence-corrected chi connectivity index (χ4v) is 2.94. The first-order chi connectivity index (χ1) is 13.1. The fraction of sp³-hybridized carbons (Fsp3) is 0.941. The number of hydrogen-bond donors (Lipinski definition) is 6. The molecule has 164 valence electrons. The predicted molar refractivity (Wildman–Crippen MR) is 90.5 cm³/mol. The monoisotopic (exact) mass is 410 g/mol. The van der Waals surface area contributed by atoms with Crippen molar-refractivity contribution in [3.8, 4) is 0 Å². The Bertz CT molecular complexity index is 515. The lowest BCUT2D eigenvalue weighted by atomic mass is 9.97. The van der Waals surface area contributed by atoms with Crippen LogP contribution in [0.25, 0.3) is 0 Å². The van der Waals surface area contributed by atoms with Gasteiger partial charge < -0.3 is 49.6 Å². The maximum absolute atomic E-state index is 12.2. The van der Waals surface area contributed by atoms with Gasteiger partial charge in [-0.3, -0.25) is 4.79 Å². The highest BCUT2D eigenvalue weighted by Crippen LogP contribution is 2.30. The quantitative estimate of drug-likeness (QED) is 0.237. The minimum atomic E-state index is -1.66. The third-order valence-corrected chi connectivity index (χ3v) is 5.22. The Morgan fingerprint density at radius 2 is 1.39 bits per heavy atom. The Hall–Kier alpha value is -0.890. The van der Waals surface area contributed by atoms with Crippen LogP contribution in [0.4, 0.5) is 0 Å². The van der Waals surface area contributed by atoms with Gasteiger partial charge in [0.25, 0.3) is 0 Å². The van der Waals surface area contributed by atoms with E-state index in [0.717, 1.165) is 0 Å². The Kier molecular flexibility index (Phi) is 8.14. The van der Waals surface area contributed by atoms with Crippen molar-refractivity contribution in [2.75, 3.05) is 13.2 Å². The van der Waals surface area contributed by atoms with Crippen LogP contribution in [0.2, 0.25) is 0 Å². The van der Waals surface area contributed by atoms with Gasteiger partial charge in [-0.2, -0.15) is 0 Å². The summed E-state index contributed by atoms with van der Waals surface area (Å²) in [4.78, 5) is 12.2. The van der Waals surface area contributed by atoms with Crippen molar-refractivity contribution in [3.05, 3.63) is 0 Å². The number of carbonyl (C=O) groups excluding carboxylic acids is 1. The van der Waals surface area contributed by atoms with Crippen LogP contribution in [-0.2, 0) is 23.7 Å². The topological polar surface area (TPSA) is 175 Å². The molecule has 2 rings (SSSR count). The van der Waals surface area contributed by atoms with Crippen molar-refractivity contribution in [2.24, 2.45) is 11.8 Å². The molecule has 0 aromatic rings. The van der Waals surface area contributed by atoms with Crippen LogP contribution in [0.15, 0.2) is 0 Å². The first kappa shape index (κ1) is 23.4. The standard InChI is InChI=1S/C17H30O11/c1-6(2)7(3)15(24)28-17-13(23)14(11(21)9(5-19)26-17)27-16-12(22)10(20)8(4-18)25-16/h6-14,16-23H,4-5H2,1-3H3/t7-,8+,9+,10-,11-,12-,13-,14-,16-,17-/m1/s1. The van der Waals surface area contributed by atoms with E-state index in [0.29, 0.717) is 0 Å². The summed E-state index contributed by atoms with van der Waals surface area (Å²) in [7, 11) is 0. The van der Waals surface area contributed by atoms with Crippen LogP contribution in [0.1, 0.15) is 20.8 Å². The lowest BCUT2D eigenvalue weighted by Gasteiger charge is -2.42. The summed E-state index contributed by atoms with van der Waals surface area (Å²) in [6, 6.07) is 0. The number of carbonyl (C=O) groups is 1. The molecule has 11 nitrogen and oxygen atoms in total. The van der Waals surface area contributed by atoms with Gasteiger partial charge in [0.05, 0.1) is 19.1 Å². The second-order valence-corrected chi connectivity index (χ2v) is 7.48. The molecule has 2 aliphatic heterocycles. The SMILES string of the molecule is CC(C)[C@@H](C)C(=O)O[C@H]1O[C@@H](CO)[C@@H](O)[C@@H](O[C@H]2O[C@@H](CO)[C@@H](O)[C@H]2O)[C@H]1O. The second-order valence-electron chi connectivity index (χ2n) is 7.48. The van der Waals surface area contributed by atoms with Crippen LogP contribution in [-0.4, -0.2) is 105 Å². The van der Waals surface area contributed by atoms with Crippen LogP contribution in [0, 0.1) is 11.8 Å². The third-order valence-electron chi connectivity index (χ3n) is 5.22. The lowest BCUT2D eigenvalue weighted by molar-refractivity contribution is -0.324. The van der Waals surface area contributed by atoms with E-state index in [1.807, 2.05) is 13.8 Å². The van der Waals surface area contributed by atoms with E-state index in [9.17, 15) is 30.3 Å². The summed E-state index contributed by atoms with van der Waals surface area (Å²) in [5.74, 6) is -1.16. The zero-order valence-electron chi connectivity index (χ0n) is 16.0. The molecule has 2 heterocycles. The second kappa shape index (κ2) is 9.74. The van der Waals surface area contributed by atoms with Crippen molar-refractivity contribution in [3.63, 3.8) is 0 Å². The number of aliphatic hydroxyl groups excluding tert-OH is 6. The average molecular weight is 410 g/mol. The van der Waals surface area contributed by atoms with E-state index in [1.165, 1.54) is 0 Å². The predicted octanol–water partition coefficient (Wildman–Crippen LogP) is -2.92. The number of aliphatic hydroxyl groups is 6. The van der Waals surface area contributed by atoms with Gasteiger partial charge in [0.15, 0.2) is 6.29 Å². The van der Waals surface area contributed by atoms with E-state index in [-0.39, 0.29) is 5.92 Å². The van der Waals surface area contributed by atoms with E-state index < -0.39 is 80.4 Å². The Morgan fingerprint density at radius 3 is 1.89 bits per heavy atom. The van der Waals surface area contributed by atoms with Gasteiger partial charge in [-0.15, -0.1) is 0 Å².